The standard InChI is InChI=1S/C33H39N3O5/c1-4-33(5-2,31(39)35-29(30(37)38)20-36(3)19-23-13-7-6-8-14-23)22-34-32(40)41-21-28-26-17-11-9-15-24(26)25-16-10-12-18-27(25)28/h6-18,28-29H,4-5,19-22H2,1-3H3,(H,34,40)(H,35,39)(H,37,38). The third kappa shape index (κ3) is 6.95. The van der Waals surface area contributed by atoms with E-state index in [0.29, 0.717) is 19.4 Å². The van der Waals surface area contributed by atoms with Crippen molar-refractivity contribution in [3.05, 3.63) is 95.6 Å². The molecule has 0 heterocycles. The molecule has 1 aliphatic rings. The molecule has 0 saturated carbocycles. The van der Waals surface area contributed by atoms with Gasteiger partial charge in [0.2, 0.25) is 5.91 Å². The van der Waals surface area contributed by atoms with Crippen molar-refractivity contribution in [3.63, 3.8) is 0 Å². The summed E-state index contributed by atoms with van der Waals surface area (Å²) in [6.07, 6.45) is 0.236. The van der Waals surface area contributed by atoms with Crippen molar-refractivity contribution in [2.24, 2.45) is 5.41 Å². The fraction of sp³-hybridized carbons (Fsp3) is 0.364. The van der Waals surface area contributed by atoms with Gasteiger partial charge in [0.25, 0.3) is 0 Å². The number of amides is 2. The molecule has 0 saturated heterocycles. The first-order valence-corrected chi connectivity index (χ1v) is 14.1. The number of benzene rings is 3. The zero-order valence-corrected chi connectivity index (χ0v) is 23.9. The number of hydrogen-bond acceptors (Lipinski definition) is 5. The topological polar surface area (TPSA) is 108 Å². The molecule has 41 heavy (non-hydrogen) atoms. The lowest BCUT2D eigenvalue weighted by molar-refractivity contribution is -0.144. The van der Waals surface area contributed by atoms with Gasteiger partial charge >= 0.3 is 12.1 Å². The van der Waals surface area contributed by atoms with Crippen LogP contribution < -0.4 is 10.6 Å². The second kappa shape index (κ2) is 13.5. The van der Waals surface area contributed by atoms with Gasteiger partial charge in [0, 0.05) is 25.6 Å². The van der Waals surface area contributed by atoms with E-state index in [9.17, 15) is 19.5 Å². The minimum absolute atomic E-state index is 0.0364. The Morgan fingerprint density at radius 2 is 1.46 bits per heavy atom. The lowest BCUT2D eigenvalue weighted by atomic mass is 9.81. The maximum absolute atomic E-state index is 13.5. The van der Waals surface area contributed by atoms with Crippen LogP contribution in [0.5, 0.6) is 0 Å². The number of aliphatic carboxylic acids is 1. The number of carbonyl (C=O) groups excluding carboxylic acids is 2. The molecule has 8 nitrogen and oxygen atoms in total. The average Bonchev–Trinajstić information content (AvgIpc) is 3.30. The molecule has 0 radical (unpaired) electrons. The van der Waals surface area contributed by atoms with Crippen LogP contribution in [-0.4, -0.2) is 60.8 Å². The molecule has 1 unspecified atom stereocenters. The van der Waals surface area contributed by atoms with E-state index >= 15 is 0 Å². The second-order valence-electron chi connectivity index (χ2n) is 10.7. The number of carbonyl (C=O) groups is 3. The average molecular weight is 558 g/mol. The van der Waals surface area contributed by atoms with Crippen LogP contribution in [0.4, 0.5) is 4.79 Å². The summed E-state index contributed by atoms with van der Waals surface area (Å²) in [5.41, 5.74) is 4.61. The Morgan fingerprint density at radius 3 is 2.02 bits per heavy atom. The fourth-order valence-corrected chi connectivity index (χ4v) is 5.56. The first-order chi connectivity index (χ1) is 19.8. The summed E-state index contributed by atoms with van der Waals surface area (Å²) in [4.78, 5) is 40.2. The molecule has 0 fully saturated rings. The highest BCUT2D eigenvalue weighted by atomic mass is 16.5. The Hall–Kier alpha value is -4.17. The van der Waals surface area contributed by atoms with Gasteiger partial charge in [-0.05, 0) is 47.7 Å². The van der Waals surface area contributed by atoms with E-state index in [4.69, 9.17) is 4.74 Å². The fourth-order valence-electron chi connectivity index (χ4n) is 5.56. The normalized spacial score (nSPS) is 13.3. The number of carboxylic acids is 1. The van der Waals surface area contributed by atoms with Gasteiger partial charge in [0.1, 0.15) is 12.6 Å². The van der Waals surface area contributed by atoms with E-state index in [1.807, 2.05) is 80.4 Å². The number of alkyl carbamates (subject to hydrolysis) is 1. The van der Waals surface area contributed by atoms with Crippen molar-refractivity contribution in [2.75, 3.05) is 26.7 Å². The summed E-state index contributed by atoms with van der Waals surface area (Å²) in [6, 6.07) is 24.9. The number of hydrogen-bond donors (Lipinski definition) is 3. The van der Waals surface area contributed by atoms with Gasteiger partial charge in [0.05, 0.1) is 5.41 Å². The monoisotopic (exact) mass is 557 g/mol. The molecule has 0 bridgehead atoms. The molecular weight excluding hydrogens is 518 g/mol. The molecule has 4 rings (SSSR count). The molecule has 0 aromatic heterocycles. The summed E-state index contributed by atoms with van der Waals surface area (Å²) in [5, 5.41) is 15.3. The van der Waals surface area contributed by atoms with Gasteiger partial charge in [-0.15, -0.1) is 0 Å². The van der Waals surface area contributed by atoms with Crippen molar-refractivity contribution in [1.82, 2.24) is 15.5 Å². The molecule has 1 atom stereocenters. The second-order valence-corrected chi connectivity index (χ2v) is 10.7. The zero-order valence-electron chi connectivity index (χ0n) is 23.9. The largest absolute Gasteiger partial charge is 0.480 e. The highest BCUT2D eigenvalue weighted by Crippen LogP contribution is 2.44. The smallest absolute Gasteiger partial charge is 0.407 e. The maximum Gasteiger partial charge on any atom is 0.407 e. The van der Waals surface area contributed by atoms with Crippen molar-refractivity contribution in [2.45, 2.75) is 45.2 Å². The first-order valence-electron chi connectivity index (χ1n) is 14.1. The molecule has 3 aromatic carbocycles. The molecule has 1 aliphatic carbocycles. The minimum Gasteiger partial charge on any atom is -0.480 e. The molecular formula is C33H39N3O5. The molecule has 216 valence electrons. The number of rotatable bonds is 13. The third-order valence-electron chi connectivity index (χ3n) is 8.14. The molecule has 3 N–H and O–H groups in total. The van der Waals surface area contributed by atoms with Crippen LogP contribution in [-0.2, 0) is 20.9 Å². The van der Waals surface area contributed by atoms with Crippen molar-refractivity contribution >= 4 is 18.0 Å². The number of nitrogens with zero attached hydrogens (tertiary/aromatic N) is 1. The Morgan fingerprint density at radius 1 is 0.902 bits per heavy atom. The van der Waals surface area contributed by atoms with Gasteiger partial charge in [-0.25, -0.2) is 9.59 Å². The minimum atomic E-state index is -1.11. The molecule has 0 aliphatic heterocycles. The predicted octanol–water partition coefficient (Wildman–Crippen LogP) is 5.03. The van der Waals surface area contributed by atoms with Gasteiger partial charge < -0.3 is 20.5 Å². The Balaban J connectivity index is 1.35. The van der Waals surface area contributed by atoms with Crippen LogP contribution in [0, 0.1) is 5.41 Å². The molecule has 3 aromatic rings. The van der Waals surface area contributed by atoms with Gasteiger partial charge in [0.15, 0.2) is 0 Å². The van der Waals surface area contributed by atoms with E-state index < -0.39 is 29.4 Å². The van der Waals surface area contributed by atoms with Gasteiger partial charge in [-0.1, -0.05) is 92.7 Å². The van der Waals surface area contributed by atoms with Crippen LogP contribution in [0.25, 0.3) is 11.1 Å². The van der Waals surface area contributed by atoms with Crippen LogP contribution in [0.3, 0.4) is 0 Å². The third-order valence-corrected chi connectivity index (χ3v) is 8.14. The van der Waals surface area contributed by atoms with Crippen LogP contribution in [0.2, 0.25) is 0 Å². The van der Waals surface area contributed by atoms with E-state index in [1.54, 1.807) is 0 Å². The highest BCUT2D eigenvalue weighted by Gasteiger charge is 2.38. The number of carboxylic acid groups (broad SMARTS) is 1. The Labute approximate surface area is 241 Å². The quantitative estimate of drug-likeness (QED) is 0.272. The van der Waals surface area contributed by atoms with E-state index in [1.165, 1.54) is 0 Å². The van der Waals surface area contributed by atoms with Crippen LogP contribution >= 0.6 is 0 Å². The molecule has 2 amide bonds. The lowest BCUT2D eigenvalue weighted by Crippen LogP contribution is -2.55. The summed E-state index contributed by atoms with van der Waals surface area (Å²) in [5.74, 6) is -1.58. The number of fused-ring (bicyclic) bond motifs is 3. The van der Waals surface area contributed by atoms with Crippen molar-refractivity contribution in [1.29, 1.82) is 0 Å². The number of likely N-dealkylation sites (N-methyl/N-ethyl adjacent to an activating group) is 1. The van der Waals surface area contributed by atoms with E-state index in [-0.39, 0.29) is 25.6 Å². The SMILES string of the molecule is CCC(CC)(CNC(=O)OCC1c2ccccc2-c2ccccc21)C(=O)NC(CN(C)Cc1ccccc1)C(=O)O. The van der Waals surface area contributed by atoms with Crippen LogP contribution in [0.1, 0.15) is 49.3 Å². The highest BCUT2D eigenvalue weighted by molar-refractivity contribution is 5.88. The Bertz CT molecular complexity index is 1310. The van der Waals surface area contributed by atoms with Crippen LogP contribution in [0.15, 0.2) is 78.9 Å². The Kier molecular flexibility index (Phi) is 9.78. The van der Waals surface area contributed by atoms with E-state index in [0.717, 1.165) is 27.8 Å². The summed E-state index contributed by atoms with van der Waals surface area (Å²) >= 11 is 0. The van der Waals surface area contributed by atoms with Gasteiger partial charge in [-0.2, -0.15) is 0 Å². The summed E-state index contributed by atoms with van der Waals surface area (Å²) < 4.78 is 5.65. The molecule has 8 heteroatoms. The summed E-state index contributed by atoms with van der Waals surface area (Å²) in [6.45, 7) is 4.62. The van der Waals surface area contributed by atoms with Gasteiger partial charge in [-0.3, -0.25) is 9.69 Å². The first kappa shape index (κ1) is 29.8. The lowest BCUT2D eigenvalue weighted by Gasteiger charge is -2.32. The van der Waals surface area contributed by atoms with Crippen molar-refractivity contribution < 1.29 is 24.2 Å². The summed E-state index contributed by atoms with van der Waals surface area (Å²) in [7, 11) is 1.82. The number of ether oxygens (including phenoxy) is 1. The van der Waals surface area contributed by atoms with E-state index in [2.05, 4.69) is 34.9 Å². The predicted molar refractivity (Wildman–Crippen MR) is 158 cm³/mol. The zero-order chi connectivity index (χ0) is 29.4. The maximum atomic E-state index is 13.5. The molecule has 0 spiro atoms. The van der Waals surface area contributed by atoms with Crippen molar-refractivity contribution in [3.8, 4) is 11.1 Å². The number of nitrogens with one attached hydrogen (secondary N) is 2.